The molecule has 0 saturated carbocycles. The molecule has 126 valence electrons. The zero-order valence-electron chi connectivity index (χ0n) is 14.0. The van der Waals surface area contributed by atoms with Crippen LogP contribution in [0, 0.1) is 26.6 Å². The maximum absolute atomic E-state index is 13.3. The van der Waals surface area contributed by atoms with Crippen molar-refractivity contribution < 1.29 is 14.0 Å². The van der Waals surface area contributed by atoms with Crippen molar-refractivity contribution in [2.75, 3.05) is 5.32 Å². The molecule has 1 atom stereocenters. The van der Waals surface area contributed by atoms with Crippen LogP contribution in [0.25, 0.3) is 0 Å². The fourth-order valence-corrected chi connectivity index (χ4v) is 2.14. The molecule has 2 aromatic rings. The summed E-state index contributed by atoms with van der Waals surface area (Å²) in [6, 6.07) is 4.86. The maximum atomic E-state index is 13.3. The fraction of sp³-hybridized carbons (Fsp3) is 0.294. The molecule has 7 heteroatoms. The van der Waals surface area contributed by atoms with Gasteiger partial charge in [0, 0.05) is 11.4 Å². The summed E-state index contributed by atoms with van der Waals surface area (Å²) in [7, 11) is 0. The number of amides is 2. The first-order valence-electron chi connectivity index (χ1n) is 7.46. The smallest absolute Gasteiger partial charge is 0.270 e. The predicted octanol–water partition coefficient (Wildman–Crippen LogP) is 2.30. The molecular weight excluding hydrogens is 311 g/mol. The van der Waals surface area contributed by atoms with Crippen LogP contribution < -0.4 is 10.6 Å². The first kappa shape index (κ1) is 17.5. The van der Waals surface area contributed by atoms with E-state index >= 15 is 0 Å². The quantitative estimate of drug-likeness (QED) is 0.901. The van der Waals surface area contributed by atoms with Crippen molar-refractivity contribution in [3.63, 3.8) is 0 Å². The van der Waals surface area contributed by atoms with Gasteiger partial charge in [0.2, 0.25) is 5.91 Å². The van der Waals surface area contributed by atoms with E-state index in [9.17, 15) is 14.0 Å². The minimum atomic E-state index is -0.809. The lowest BCUT2D eigenvalue weighted by atomic mass is 10.2. The van der Waals surface area contributed by atoms with Crippen molar-refractivity contribution in [1.29, 1.82) is 0 Å². The van der Waals surface area contributed by atoms with Gasteiger partial charge < -0.3 is 10.6 Å². The normalized spacial score (nSPS) is 11.7. The monoisotopic (exact) mass is 330 g/mol. The van der Waals surface area contributed by atoms with E-state index in [0.717, 1.165) is 5.56 Å². The Bertz CT molecular complexity index is 772. The highest BCUT2D eigenvalue weighted by Gasteiger charge is 2.19. The molecule has 0 fully saturated rings. The van der Waals surface area contributed by atoms with E-state index in [2.05, 4.69) is 20.6 Å². The molecule has 24 heavy (non-hydrogen) atoms. The van der Waals surface area contributed by atoms with Crippen molar-refractivity contribution in [1.82, 2.24) is 15.3 Å². The second kappa shape index (κ2) is 7.16. The number of anilines is 1. The zero-order chi connectivity index (χ0) is 17.9. The average Bonchev–Trinajstić information content (AvgIpc) is 2.49. The molecule has 0 aliphatic carbocycles. The van der Waals surface area contributed by atoms with E-state index in [4.69, 9.17) is 0 Å². The van der Waals surface area contributed by atoms with E-state index in [-0.39, 0.29) is 5.69 Å². The first-order valence-corrected chi connectivity index (χ1v) is 7.46. The number of nitrogens with one attached hydrogen (secondary N) is 2. The Kier molecular flexibility index (Phi) is 5.23. The fourth-order valence-electron chi connectivity index (χ4n) is 2.14. The molecule has 1 heterocycles. The van der Waals surface area contributed by atoms with Crippen molar-refractivity contribution in [2.45, 2.75) is 33.7 Å². The number of halogens is 1. The molecule has 0 spiro atoms. The van der Waals surface area contributed by atoms with Crippen molar-refractivity contribution in [2.24, 2.45) is 0 Å². The highest BCUT2D eigenvalue weighted by atomic mass is 19.1. The van der Waals surface area contributed by atoms with Gasteiger partial charge in [-0.3, -0.25) is 9.59 Å². The summed E-state index contributed by atoms with van der Waals surface area (Å²) in [4.78, 5) is 32.5. The summed E-state index contributed by atoms with van der Waals surface area (Å²) < 4.78 is 13.3. The Labute approximate surface area is 139 Å². The van der Waals surface area contributed by atoms with Gasteiger partial charge in [-0.1, -0.05) is 6.07 Å². The van der Waals surface area contributed by atoms with Crippen molar-refractivity contribution in [3.8, 4) is 0 Å². The van der Waals surface area contributed by atoms with Crippen molar-refractivity contribution in [3.05, 3.63) is 52.9 Å². The van der Waals surface area contributed by atoms with E-state index in [0.29, 0.717) is 17.2 Å². The van der Waals surface area contributed by atoms with Gasteiger partial charge in [0.1, 0.15) is 23.4 Å². The third-order valence-electron chi connectivity index (χ3n) is 3.40. The van der Waals surface area contributed by atoms with Crippen LogP contribution in [-0.2, 0) is 4.79 Å². The molecular formula is C17H19FN4O2. The standard InChI is InChI=1S/C17H19FN4O2/c1-9-5-6-13(18)8-14(9)22-16(23)11(3)20-17(24)15-7-10(2)19-12(4)21-15/h5-8,11H,1-4H3,(H,20,24)(H,22,23). The highest BCUT2D eigenvalue weighted by Crippen LogP contribution is 2.16. The summed E-state index contributed by atoms with van der Waals surface area (Å²) in [6.45, 7) is 6.74. The Morgan fingerprint density at radius 1 is 1.12 bits per heavy atom. The molecule has 6 nitrogen and oxygen atoms in total. The number of carbonyl (C=O) groups is 2. The maximum Gasteiger partial charge on any atom is 0.270 e. The van der Waals surface area contributed by atoms with Crippen LogP contribution in [-0.4, -0.2) is 27.8 Å². The summed E-state index contributed by atoms with van der Waals surface area (Å²) >= 11 is 0. The van der Waals surface area contributed by atoms with E-state index < -0.39 is 23.7 Å². The number of hydrogen-bond acceptors (Lipinski definition) is 4. The van der Waals surface area contributed by atoms with Crippen molar-refractivity contribution >= 4 is 17.5 Å². The van der Waals surface area contributed by atoms with Gasteiger partial charge in [-0.15, -0.1) is 0 Å². The molecule has 1 aromatic carbocycles. The Hall–Kier alpha value is -2.83. The van der Waals surface area contributed by atoms with Gasteiger partial charge in [-0.25, -0.2) is 14.4 Å². The van der Waals surface area contributed by atoms with Crippen LogP contribution in [0.3, 0.4) is 0 Å². The minimum Gasteiger partial charge on any atom is -0.339 e. The molecule has 1 unspecified atom stereocenters. The van der Waals surface area contributed by atoms with E-state index in [1.54, 1.807) is 39.8 Å². The lowest BCUT2D eigenvalue weighted by Crippen LogP contribution is -2.42. The number of nitrogens with zero attached hydrogens (tertiary/aromatic N) is 2. The minimum absolute atomic E-state index is 0.196. The molecule has 2 rings (SSSR count). The number of hydrogen-bond donors (Lipinski definition) is 2. The van der Waals surface area contributed by atoms with Crippen LogP contribution in [0.4, 0.5) is 10.1 Å². The van der Waals surface area contributed by atoms with Crippen LogP contribution in [0.2, 0.25) is 0 Å². The van der Waals surface area contributed by atoms with Crippen LogP contribution in [0.5, 0.6) is 0 Å². The number of benzene rings is 1. The Morgan fingerprint density at radius 2 is 1.83 bits per heavy atom. The molecule has 1 aromatic heterocycles. The lowest BCUT2D eigenvalue weighted by molar-refractivity contribution is -0.117. The number of aryl methyl sites for hydroxylation is 3. The molecule has 2 N–H and O–H groups in total. The van der Waals surface area contributed by atoms with Gasteiger partial charge in [0.05, 0.1) is 0 Å². The average molecular weight is 330 g/mol. The third-order valence-corrected chi connectivity index (χ3v) is 3.40. The number of carbonyl (C=O) groups excluding carboxylic acids is 2. The van der Waals surface area contributed by atoms with E-state index in [1.165, 1.54) is 12.1 Å². The number of aromatic nitrogens is 2. The van der Waals surface area contributed by atoms with Crippen LogP contribution in [0.15, 0.2) is 24.3 Å². The van der Waals surface area contributed by atoms with Gasteiger partial charge in [0.25, 0.3) is 5.91 Å². The molecule has 0 bridgehead atoms. The zero-order valence-corrected chi connectivity index (χ0v) is 14.0. The molecule has 0 aliphatic heterocycles. The van der Waals surface area contributed by atoms with Gasteiger partial charge in [-0.2, -0.15) is 0 Å². The summed E-state index contributed by atoms with van der Waals surface area (Å²) in [6.07, 6.45) is 0. The van der Waals surface area contributed by atoms with E-state index in [1.807, 2.05) is 0 Å². The lowest BCUT2D eigenvalue weighted by Gasteiger charge is -2.15. The highest BCUT2D eigenvalue weighted by molar-refractivity contribution is 6.00. The van der Waals surface area contributed by atoms with Crippen LogP contribution in [0.1, 0.15) is 34.5 Å². The first-order chi connectivity index (χ1) is 11.3. The molecule has 2 amide bonds. The molecule has 0 saturated heterocycles. The number of rotatable bonds is 4. The third kappa shape index (κ3) is 4.34. The predicted molar refractivity (Wildman–Crippen MR) is 88.2 cm³/mol. The second-order valence-corrected chi connectivity index (χ2v) is 5.59. The molecule has 0 aliphatic rings. The summed E-state index contributed by atoms with van der Waals surface area (Å²) in [5.41, 5.74) is 1.96. The summed E-state index contributed by atoms with van der Waals surface area (Å²) in [5.74, 6) is -0.881. The summed E-state index contributed by atoms with van der Waals surface area (Å²) in [5, 5.41) is 5.17. The van der Waals surface area contributed by atoms with Gasteiger partial charge in [-0.05, 0) is 51.5 Å². The van der Waals surface area contributed by atoms with Crippen LogP contribution >= 0.6 is 0 Å². The largest absolute Gasteiger partial charge is 0.339 e. The Balaban J connectivity index is 2.05. The Morgan fingerprint density at radius 3 is 2.50 bits per heavy atom. The topological polar surface area (TPSA) is 84.0 Å². The molecule has 0 radical (unpaired) electrons. The van der Waals surface area contributed by atoms with Gasteiger partial charge >= 0.3 is 0 Å². The van der Waals surface area contributed by atoms with Gasteiger partial charge in [0.15, 0.2) is 0 Å². The second-order valence-electron chi connectivity index (χ2n) is 5.59. The SMILES string of the molecule is Cc1cc(C(=O)NC(C)C(=O)Nc2cc(F)ccc2C)nc(C)n1.